The van der Waals surface area contributed by atoms with Gasteiger partial charge in [0.15, 0.2) is 0 Å². The van der Waals surface area contributed by atoms with Crippen LogP contribution in [0.1, 0.15) is 51.6 Å². The minimum atomic E-state index is -0.466. The van der Waals surface area contributed by atoms with Gasteiger partial charge in [0.2, 0.25) is 11.1 Å². The maximum atomic E-state index is 13.0. The van der Waals surface area contributed by atoms with E-state index < -0.39 is 12.0 Å². The number of benzene rings is 1. The first kappa shape index (κ1) is 22.9. The highest BCUT2D eigenvalue weighted by Crippen LogP contribution is 2.37. The van der Waals surface area contributed by atoms with Crippen LogP contribution in [0.25, 0.3) is 0 Å². The number of nitrogens with one attached hydrogen (secondary N) is 1. The average molecular weight is 443 g/mol. The van der Waals surface area contributed by atoms with Crippen LogP contribution in [-0.4, -0.2) is 39.7 Å². The quantitative estimate of drug-likeness (QED) is 0.228. The Kier molecular flexibility index (Phi) is 8.17. The number of carbonyl (C=O) groups is 1. The van der Waals surface area contributed by atoms with Crippen molar-refractivity contribution in [3.8, 4) is 5.75 Å². The maximum Gasteiger partial charge on any atom is 0.338 e. The van der Waals surface area contributed by atoms with Gasteiger partial charge in [0.05, 0.1) is 12.2 Å². The Bertz CT molecular complexity index is 954. The fourth-order valence-corrected chi connectivity index (χ4v) is 3.96. The summed E-state index contributed by atoms with van der Waals surface area (Å²) in [5, 5.41) is 8.60. The summed E-state index contributed by atoms with van der Waals surface area (Å²) in [6.07, 6.45) is 4.64. The van der Waals surface area contributed by atoms with Crippen LogP contribution in [0.4, 0.5) is 5.95 Å². The van der Waals surface area contributed by atoms with Crippen LogP contribution in [0.2, 0.25) is 0 Å². The molecule has 0 spiro atoms. The number of nitrogens with zero attached hydrogens (tertiary/aromatic N) is 3. The first-order chi connectivity index (χ1) is 15.1. The summed E-state index contributed by atoms with van der Waals surface area (Å²) in [5.41, 5.74) is 2.08. The van der Waals surface area contributed by atoms with Crippen LogP contribution in [0, 0.1) is 0 Å². The summed E-state index contributed by atoms with van der Waals surface area (Å²) in [4.78, 5) is 17.6. The number of unbranched alkanes of at least 4 members (excludes halogenated alkanes) is 1. The highest BCUT2D eigenvalue weighted by atomic mass is 32.2. The van der Waals surface area contributed by atoms with Gasteiger partial charge in [0.25, 0.3) is 0 Å². The van der Waals surface area contributed by atoms with Crippen molar-refractivity contribution in [1.82, 2.24) is 14.8 Å². The second kappa shape index (κ2) is 11.0. The topological polar surface area (TPSA) is 78.3 Å². The lowest BCUT2D eigenvalue weighted by atomic mass is 9.95. The van der Waals surface area contributed by atoms with E-state index in [1.807, 2.05) is 31.2 Å². The number of esters is 1. The van der Waals surface area contributed by atoms with Crippen LogP contribution >= 0.6 is 11.8 Å². The molecule has 1 atom stereocenters. The van der Waals surface area contributed by atoms with E-state index in [4.69, 9.17) is 14.6 Å². The number of fused-ring (bicyclic) bond motifs is 1. The van der Waals surface area contributed by atoms with Gasteiger partial charge in [0, 0.05) is 11.4 Å². The van der Waals surface area contributed by atoms with E-state index in [0.29, 0.717) is 29.0 Å². The smallest absolute Gasteiger partial charge is 0.338 e. The number of rotatable bonds is 11. The van der Waals surface area contributed by atoms with E-state index in [1.54, 1.807) is 22.5 Å². The lowest BCUT2D eigenvalue weighted by Gasteiger charge is -2.28. The van der Waals surface area contributed by atoms with Gasteiger partial charge in [-0.25, -0.2) is 9.48 Å². The van der Waals surface area contributed by atoms with Gasteiger partial charge in [-0.3, -0.25) is 0 Å². The molecule has 1 aromatic carbocycles. The van der Waals surface area contributed by atoms with Gasteiger partial charge < -0.3 is 14.8 Å². The van der Waals surface area contributed by atoms with E-state index in [-0.39, 0.29) is 6.61 Å². The highest BCUT2D eigenvalue weighted by molar-refractivity contribution is 7.99. The third kappa shape index (κ3) is 5.50. The van der Waals surface area contributed by atoms with E-state index in [0.717, 1.165) is 36.3 Å². The Morgan fingerprint density at radius 2 is 2.19 bits per heavy atom. The Morgan fingerprint density at radius 1 is 1.35 bits per heavy atom. The predicted molar refractivity (Wildman–Crippen MR) is 123 cm³/mol. The molecule has 1 unspecified atom stereocenters. The van der Waals surface area contributed by atoms with Crippen molar-refractivity contribution in [1.29, 1.82) is 0 Å². The number of hydrogen-bond acceptors (Lipinski definition) is 7. The monoisotopic (exact) mass is 442 g/mol. The first-order valence-electron chi connectivity index (χ1n) is 10.7. The van der Waals surface area contributed by atoms with E-state index in [1.165, 1.54) is 0 Å². The lowest BCUT2D eigenvalue weighted by Crippen LogP contribution is -2.29. The SMILES string of the molecule is C=CCOC(=O)C1=C(C)Nc2nc(SCCC)nn2C1c1cccc(OCCCC)c1. The molecule has 3 rings (SSSR count). The zero-order chi connectivity index (χ0) is 22.2. The molecule has 2 aromatic rings. The van der Waals surface area contributed by atoms with Crippen molar-refractivity contribution in [2.24, 2.45) is 0 Å². The molecule has 0 radical (unpaired) electrons. The lowest BCUT2D eigenvalue weighted by molar-refractivity contribution is -0.138. The van der Waals surface area contributed by atoms with Gasteiger partial charge in [-0.05, 0) is 37.5 Å². The fraction of sp³-hybridized carbons (Fsp3) is 0.435. The summed E-state index contributed by atoms with van der Waals surface area (Å²) in [5.74, 6) is 1.90. The van der Waals surface area contributed by atoms with Crippen LogP contribution in [0.15, 0.2) is 53.3 Å². The molecule has 0 saturated carbocycles. The molecule has 31 heavy (non-hydrogen) atoms. The van der Waals surface area contributed by atoms with Gasteiger partial charge in [-0.1, -0.05) is 56.8 Å². The van der Waals surface area contributed by atoms with E-state index in [2.05, 4.69) is 30.7 Å². The molecule has 0 amide bonds. The normalized spacial score (nSPS) is 15.3. The Hall–Kier alpha value is -2.74. The predicted octanol–water partition coefficient (Wildman–Crippen LogP) is 4.98. The summed E-state index contributed by atoms with van der Waals surface area (Å²) >= 11 is 1.60. The molecule has 7 nitrogen and oxygen atoms in total. The number of thioether (sulfide) groups is 1. The molecule has 0 bridgehead atoms. The highest BCUT2D eigenvalue weighted by Gasteiger charge is 2.35. The molecular formula is C23H30N4O3S. The standard InChI is InChI=1S/C23H30N4O3S/c1-5-8-13-29-18-11-9-10-17(15-18)20-19(21(28)30-12-6-2)16(4)24-22-25-23(26-27(20)22)31-14-7-3/h6,9-11,15,20H,2,5,7-8,12-14H2,1,3-4H3,(H,24,25,26). The minimum absolute atomic E-state index is 0.143. The second-order valence-corrected chi connectivity index (χ2v) is 8.30. The number of carbonyl (C=O) groups excluding carboxylic acids is 1. The Morgan fingerprint density at radius 3 is 2.94 bits per heavy atom. The summed E-state index contributed by atoms with van der Waals surface area (Å²) < 4.78 is 13.1. The molecular weight excluding hydrogens is 412 g/mol. The third-order valence-electron chi connectivity index (χ3n) is 4.76. The summed E-state index contributed by atoms with van der Waals surface area (Å²) in [7, 11) is 0. The molecule has 2 heterocycles. The van der Waals surface area contributed by atoms with Crippen LogP contribution < -0.4 is 10.1 Å². The average Bonchev–Trinajstić information content (AvgIpc) is 3.17. The van der Waals surface area contributed by atoms with Crippen LogP contribution in [0.3, 0.4) is 0 Å². The van der Waals surface area contributed by atoms with E-state index >= 15 is 0 Å². The zero-order valence-corrected chi connectivity index (χ0v) is 19.2. The Labute approximate surface area is 187 Å². The van der Waals surface area contributed by atoms with Crippen molar-refractivity contribution in [2.45, 2.75) is 51.2 Å². The van der Waals surface area contributed by atoms with Gasteiger partial charge >= 0.3 is 5.97 Å². The molecule has 1 aromatic heterocycles. The van der Waals surface area contributed by atoms with Crippen molar-refractivity contribution in [3.63, 3.8) is 0 Å². The van der Waals surface area contributed by atoms with Gasteiger partial charge in [-0.15, -0.1) is 5.10 Å². The number of allylic oxidation sites excluding steroid dienone is 1. The van der Waals surface area contributed by atoms with Crippen LogP contribution in [0.5, 0.6) is 5.75 Å². The number of ether oxygens (including phenoxy) is 2. The van der Waals surface area contributed by atoms with Gasteiger partial charge in [0.1, 0.15) is 18.4 Å². The zero-order valence-electron chi connectivity index (χ0n) is 18.4. The molecule has 0 fully saturated rings. The second-order valence-electron chi connectivity index (χ2n) is 7.24. The molecule has 166 valence electrons. The largest absolute Gasteiger partial charge is 0.494 e. The van der Waals surface area contributed by atoms with Crippen molar-refractivity contribution in [3.05, 3.63) is 53.8 Å². The van der Waals surface area contributed by atoms with Crippen LogP contribution in [-0.2, 0) is 9.53 Å². The fourth-order valence-electron chi connectivity index (χ4n) is 3.28. The van der Waals surface area contributed by atoms with Crippen molar-refractivity contribution < 1.29 is 14.3 Å². The molecule has 1 aliphatic rings. The molecule has 8 heteroatoms. The number of aromatic nitrogens is 3. The van der Waals surface area contributed by atoms with Gasteiger partial charge in [-0.2, -0.15) is 4.98 Å². The summed E-state index contributed by atoms with van der Waals surface area (Å²) in [6.45, 7) is 10.5. The first-order valence-corrected chi connectivity index (χ1v) is 11.7. The van der Waals surface area contributed by atoms with Crippen molar-refractivity contribution in [2.75, 3.05) is 24.3 Å². The third-order valence-corrected chi connectivity index (χ3v) is 5.80. The molecule has 0 saturated heterocycles. The number of hydrogen-bond donors (Lipinski definition) is 1. The van der Waals surface area contributed by atoms with Crippen molar-refractivity contribution >= 4 is 23.7 Å². The molecule has 1 N–H and O–H groups in total. The van der Waals surface area contributed by atoms with E-state index in [9.17, 15) is 4.79 Å². The number of anilines is 1. The molecule has 0 aliphatic carbocycles. The minimum Gasteiger partial charge on any atom is -0.494 e. The summed E-state index contributed by atoms with van der Waals surface area (Å²) in [6, 6.07) is 7.33. The Balaban J connectivity index is 2.01. The molecule has 1 aliphatic heterocycles. The maximum absolute atomic E-state index is 13.0.